The van der Waals surface area contributed by atoms with Gasteiger partial charge >= 0.3 is 9.28 Å². The molecule has 0 aromatic carbocycles. The van der Waals surface area contributed by atoms with Gasteiger partial charge in [-0.1, -0.05) is 6.92 Å². The molecular formula is C7H19N2O2Si. The molecule has 1 radical (unpaired) electrons. The lowest BCUT2D eigenvalue weighted by molar-refractivity contribution is 0.253. The van der Waals surface area contributed by atoms with E-state index in [-0.39, 0.29) is 11.8 Å². The van der Waals surface area contributed by atoms with Gasteiger partial charge in [-0.25, -0.2) is 0 Å². The third kappa shape index (κ3) is 4.17. The fourth-order valence-corrected chi connectivity index (χ4v) is 2.51. The number of hydrogen-bond acceptors (Lipinski definition) is 4. The minimum atomic E-state index is -1.20. The second-order valence-electron chi connectivity index (χ2n) is 2.64. The van der Waals surface area contributed by atoms with Crippen LogP contribution in [0, 0.1) is 0 Å². The monoisotopic (exact) mass is 191 g/mol. The smallest absolute Gasteiger partial charge is 0.396 e. The molecule has 2 atom stereocenters. The van der Waals surface area contributed by atoms with E-state index in [1.165, 1.54) is 0 Å². The van der Waals surface area contributed by atoms with Crippen molar-refractivity contribution in [3.05, 3.63) is 0 Å². The highest BCUT2D eigenvalue weighted by molar-refractivity contribution is 6.46. The molecule has 5 heteroatoms. The number of nitrogens with two attached hydrogens (primary N) is 1. The first-order valence-corrected chi connectivity index (χ1v) is 5.51. The van der Waals surface area contributed by atoms with E-state index in [1.54, 1.807) is 14.2 Å². The summed E-state index contributed by atoms with van der Waals surface area (Å²) in [7, 11) is 2.14. The van der Waals surface area contributed by atoms with Crippen LogP contribution in [-0.4, -0.2) is 35.3 Å². The second kappa shape index (κ2) is 6.56. The fourth-order valence-electron chi connectivity index (χ4n) is 1.04. The molecule has 0 saturated heterocycles. The first-order chi connectivity index (χ1) is 5.65. The molecule has 0 aliphatic carbocycles. The van der Waals surface area contributed by atoms with Crippen LogP contribution in [0.3, 0.4) is 0 Å². The molecule has 0 rings (SSSR count). The Morgan fingerprint density at radius 2 is 1.92 bits per heavy atom. The van der Waals surface area contributed by atoms with Gasteiger partial charge in [0, 0.05) is 14.2 Å². The normalized spacial score (nSPS) is 16.5. The molecule has 2 unspecified atom stereocenters. The average Bonchev–Trinajstić information content (AvgIpc) is 2.04. The molecule has 4 nitrogen and oxygen atoms in total. The van der Waals surface area contributed by atoms with Crippen molar-refractivity contribution in [2.75, 3.05) is 14.2 Å². The number of rotatable bonds is 6. The first kappa shape index (κ1) is 12.1. The van der Waals surface area contributed by atoms with Gasteiger partial charge < -0.3 is 14.6 Å². The highest BCUT2D eigenvalue weighted by Gasteiger charge is 2.24. The van der Waals surface area contributed by atoms with E-state index >= 15 is 0 Å². The number of hydrogen-bond donors (Lipinski definition) is 2. The van der Waals surface area contributed by atoms with Crippen molar-refractivity contribution >= 4 is 9.28 Å². The maximum Gasteiger partial charge on any atom is 0.402 e. The van der Waals surface area contributed by atoms with Crippen molar-refractivity contribution in [2.24, 2.45) is 5.73 Å². The minimum absolute atomic E-state index is 0.0137. The van der Waals surface area contributed by atoms with E-state index in [0.29, 0.717) is 0 Å². The van der Waals surface area contributed by atoms with E-state index in [4.69, 9.17) is 14.6 Å². The standard InChI is InChI=1S/C7H19N2O2Si/c1-5-7(9-6(2)8)12(10-3)11-4/h6-7,9H,5,8H2,1-4H3. The molecule has 3 N–H and O–H groups in total. The quantitative estimate of drug-likeness (QED) is 0.457. The second-order valence-corrected chi connectivity index (χ2v) is 4.79. The van der Waals surface area contributed by atoms with Gasteiger partial charge in [-0.15, -0.1) is 0 Å². The summed E-state index contributed by atoms with van der Waals surface area (Å²) in [6, 6.07) is 0. The zero-order valence-corrected chi connectivity index (χ0v) is 9.26. The zero-order chi connectivity index (χ0) is 9.56. The van der Waals surface area contributed by atoms with Crippen LogP contribution in [-0.2, 0) is 8.85 Å². The predicted octanol–water partition coefficient (Wildman–Crippen LogP) is -0.0205. The Labute approximate surface area is 76.3 Å². The SMILES string of the molecule is CCC(NC(C)N)[Si](OC)OC. The van der Waals surface area contributed by atoms with E-state index < -0.39 is 9.28 Å². The van der Waals surface area contributed by atoms with Crippen molar-refractivity contribution in [3.63, 3.8) is 0 Å². The summed E-state index contributed by atoms with van der Waals surface area (Å²) in [5, 5.41) is 3.20. The van der Waals surface area contributed by atoms with Crippen LogP contribution in [0.4, 0.5) is 0 Å². The van der Waals surface area contributed by atoms with Crippen molar-refractivity contribution in [1.82, 2.24) is 5.32 Å². The van der Waals surface area contributed by atoms with Crippen LogP contribution < -0.4 is 11.1 Å². The van der Waals surface area contributed by atoms with Crippen molar-refractivity contribution in [3.8, 4) is 0 Å². The van der Waals surface area contributed by atoms with E-state index in [9.17, 15) is 0 Å². The van der Waals surface area contributed by atoms with Gasteiger partial charge in [0.2, 0.25) is 0 Å². The van der Waals surface area contributed by atoms with Crippen LogP contribution in [0.2, 0.25) is 0 Å². The Balaban J connectivity index is 3.92. The Morgan fingerprint density at radius 1 is 1.42 bits per heavy atom. The van der Waals surface area contributed by atoms with Crippen molar-refractivity contribution < 1.29 is 8.85 Å². The minimum Gasteiger partial charge on any atom is -0.396 e. The molecule has 0 bridgehead atoms. The largest absolute Gasteiger partial charge is 0.402 e. The van der Waals surface area contributed by atoms with Crippen molar-refractivity contribution in [2.45, 2.75) is 32.1 Å². The van der Waals surface area contributed by atoms with E-state index in [0.717, 1.165) is 6.42 Å². The summed E-state index contributed by atoms with van der Waals surface area (Å²) in [6.07, 6.45) is 0.956. The van der Waals surface area contributed by atoms with Gasteiger partial charge in [-0.05, 0) is 13.3 Å². The molecular weight excluding hydrogens is 172 g/mol. The van der Waals surface area contributed by atoms with Crippen LogP contribution in [0.1, 0.15) is 20.3 Å². The summed E-state index contributed by atoms with van der Waals surface area (Å²) < 4.78 is 10.4. The summed E-state index contributed by atoms with van der Waals surface area (Å²) in [5.41, 5.74) is 5.86. The molecule has 0 saturated carbocycles. The molecule has 0 aliphatic rings. The van der Waals surface area contributed by atoms with Crippen LogP contribution >= 0.6 is 0 Å². The van der Waals surface area contributed by atoms with Crippen LogP contribution in [0.25, 0.3) is 0 Å². The third-order valence-corrected chi connectivity index (χ3v) is 3.51. The van der Waals surface area contributed by atoms with Crippen molar-refractivity contribution in [1.29, 1.82) is 0 Å². The molecule has 0 spiro atoms. The van der Waals surface area contributed by atoms with Gasteiger partial charge in [0.25, 0.3) is 0 Å². The number of nitrogens with one attached hydrogen (secondary N) is 1. The highest BCUT2D eigenvalue weighted by atomic mass is 28.3. The Kier molecular flexibility index (Phi) is 6.59. The van der Waals surface area contributed by atoms with Gasteiger partial charge in [-0.3, -0.25) is 5.32 Å². The molecule has 0 amide bonds. The predicted molar refractivity (Wildman–Crippen MR) is 50.6 cm³/mol. The fraction of sp³-hybridized carbons (Fsp3) is 1.00. The van der Waals surface area contributed by atoms with Gasteiger partial charge in [-0.2, -0.15) is 0 Å². The summed E-state index contributed by atoms with van der Waals surface area (Å²) in [6.45, 7) is 4.00. The van der Waals surface area contributed by atoms with Gasteiger partial charge in [0.15, 0.2) is 0 Å². The summed E-state index contributed by atoms with van der Waals surface area (Å²) >= 11 is 0. The molecule has 0 fully saturated rings. The maximum atomic E-state index is 5.61. The summed E-state index contributed by atoms with van der Waals surface area (Å²) in [5.74, 6) is 0. The molecule has 0 aromatic rings. The van der Waals surface area contributed by atoms with Crippen LogP contribution in [0.15, 0.2) is 0 Å². The highest BCUT2D eigenvalue weighted by Crippen LogP contribution is 1.99. The summed E-state index contributed by atoms with van der Waals surface area (Å²) in [4.78, 5) is 0. The molecule has 12 heavy (non-hydrogen) atoms. The van der Waals surface area contributed by atoms with Gasteiger partial charge in [0.1, 0.15) is 0 Å². The van der Waals surface area contributed by atoms with E-state index in [2.05, 4.69) is 12.2 Å². The van der Waals surface area contributed by atoms with E-state index in [1.807, 2.05) is 6.92 Å². The Hall–Kier alpha value is 0.0569. The molecule has 0 aromatic heterocycles. The molecule has 0 heterocycles. The first-order valence-electron chi connectivity index (χ1n) is 4.12. The van der Waals surface area contributed by atoms with Crippen LogP contribution in [0.5, 0.6) is 0 Å². The zero-order valence-electron chi connectivity index (χ0n) is 8.26. The third-order valence-electron chi connectivity index (χ3n) is 1.56. The maximum absolute atomic E-state index is 5.61. The topological polar surface area (TPSA) is 56.5 Å². The lowest BCUT2D eigenvalue weighted by atomic mass is 10.4. The van der Waals surface area contributed by atoms with Gasteiger partial charge in [0.05, 0.1) is 11.8 Å². The average molecular weight is 191 g/mol. The Morgan fingerprint density at radius 3 is 2.17 bits per heavy atom. The molecule has 73 valence electrons. The lowest BCUT2D eigenvalue weighted by Gasteiger charge is -2.23. The molecule has 0 aliphatic heterocycles. The Bertz CT molecular complexity index is 110. The lowest BCUT2D eigenvalue weighted by Crippen LogP contribution is -2.51.